The van der Waals surface area contributed by atoms with Crippen LogP contribution in [0.2, 0.25) is 0 Å². The van der Waals surface area contributed by atoms with Crippen LogP contribution in [-0.4, -0.2) is 42.1 Å². The van der Waals surface area contributed by atoms with Crippen molar-refractivity contribution in [1.82, 2.24) is 14.9 Å². The minimum atomic E-state index is -0.0562. The molecular formula is C15H27BrN4. The number of nitrogens with one attached hydrogen (secondary N) is 1. The molecule has 0 fully saturated rings. The van der Waals surface area contributed by atoms with E-state index >= 15 is 0 Å². The molecule has 0 amide bonds. The number of aromatic nitrogens is 2. The third-order valence-corrected chi connectivity index (χ3v) is 3.26. The van der Waals surface area contributed by atoms with Crippen LogP contribution < -0.4 is 5.32 Å². The maximum absolute atomic E-state index is 4.62. The van der Waals surface area contributed by atoms with Crippen LogP contribution in [0.5, 0.6) is 0 Å². The van der Waals surface area contributed by atoms with Crippen LogP contribution in [-0.2, 0) is 5.41 Å². The molecular weight excluding hydrogens is 316 g/mol. The zero-order valence-corrected chi connectivity index (χ0v) is 15.3. The van der Waals surface area contributed by atoms with Crippen LogP contribution in [0.1, 0.15) is 40.4 Å². The molecule has 0 unspecified atom stereocenters. The maximum atomic E-state index is 4.62. The average Bonchev–Trinajstić information content (AvgIpc) is 2.23. The van der Waals surface area contributed by atoms with E-state index in [1.807, 2.05) is 6.07 Å². The van der Waals surface area contributed by atoms with Crippen molar-refractivity contribution >= 4 is 21.7 Å². The Labute approximate surface area is 131 Å². The lowest BCUT2D eigenvalue weighted by Gasteiger charge is -2.29. The van der Waals surface area contributed by atoms with Crippen molar-refractivity contribution in [3.8, 4) is 0 Å². The van der Waals surface area contributed by atoms with E-state index in [0.29, 0.717) is 0 Å². The highest BCUT2D eigenvalue weighted by atomic mass is 79.9. The van der Waals surface area contributed by atoms with Gasteiger partial charge in [0.2, 0.25) is 0 Å². The van der Waals surface area contributed by atoms with Crippen molar-refractivity contribution in [2.75, 3.05) is 32.5 Å². The molecule has 0 aliphatic heterocycles. The minimum absolute atomic E-state index is 0.0562. The first-order valence-corrected chi connectivity index (χ1v) is 7.73. The molecule has 1 aromatic heterocycles. The van der Waals surface area contributed by atoms with E-state index in [0.717, 1.165) is 29.3 Å². The monoisotopic (exact) mass is 342 g/mol. The third-order valence-electron chi connectivity index (χ3n) is 2.86. The Morgan fingerprint density at radius 3 is 2.25 bits per heavy atom. The van der Waals surface area contributed by atoms with Gasteiger partial charge in [-0.25, -0.2) is 9.97 Å². The van der Waals surface area contributed by atoms with Gasteiger partial charge in [0.15, 0.2) is 0 Å². The standard InChI is InChI=1S/C15H27BrN4/c1-14(2,3)13-18-11(16)8-12(19-13)17-9-15(4,5)10-20(6)7/h8H,9-10H2,1-7H3,(H,17,18,19). The van der Waals surface area contributed by atoms with Gasteiger partial charge in [-0.15, -0.1) is 0 Å². The molecule has 4 nitrogen and oxygen atoms in total. The molecule has 0 aliphatic rings. The van der Waals surface area contributed by atoms with Gasteiger partial charge in [-0.05, 0) is 35.4 Å². The molecule has 20 heavy (non-hydrogen) atoms. The Balaban J connectivity index is 2.81. The topological polar surface area (TPSA) is 41.0 Å². The smallest absolute Gasteiger partial charge is 0.137 e. The van der Waals surface area contributed by atoms with Gasteiger partial charge in [-0.3, -0.25) is 0 Å². The van der Waals surface area contributed by atoms with Gasteiger partial charge in [0.1, 0.15) is 16.2 Å². The molecule has 0 saturated carbocycles. The van der Waals surface area contributed by atoms with Crippen molar-refractivity contribution in [3.05, 3.63) is 16.5 Å². The Hall–Kier alpha value is -0.680. The van der Waals surface area contributed by atoms with E-state index in [4.69, 9.17) is 0 Å². The molecule has 1 heterocycles. The van der Waals surface area contributed by atoms with Crippen LogP contribution in [0.3, 0.4) is 0 Å². The van der Waals surface area contributed by atoms with Crippen LogP contribution in [0.4, 0.5) is 5.82 Å². The van der Waals surface area contributed by atoms with E-state index in [9.17, 15) is 0 Å². The molecule has 1 aromatic rings. The predicted octanol–water partition coefficient (Wildman–Crippen LogP) is 3.54. The van der Waals surface area contributed by atoms with E-state index < -0.39 is 0 Å². The van der Waals surface area contributed by atoms with E-state index in [1.54, 1.807) is 0 Å². The number of halogens is 1. The second-order valence-corrected chi connectivity index (χ2v) is 8.22. The van der Waals surface area contributed by atoms with Gasteiger partial charge in [0, 0.05) is 24.6 Å². The SMILES string of the molecule is CN(C)CC(C)(C)CNc1cc(Br)nc(C(C)(C)C)n1. The molecule has 1 rings (SSSR count). The summed E-state index contributed by atoms with van der Waals surface area (Å²) >= 11 is 3.47. The Morgan fingerprint density at radius 1 is 1.15 bits per heavy atom. The number of hydrogen-bond acceptors (Lipinski definition) is 4. The zero-order chi connectivity index (χ0) is 15.6. The molecule has 5 heteroatoms. The minimum Gasteiger partial charge on any atom is -0.369 e. The van der Waals surface area contributed by atoms with Crippen molar-refractivity contribution in [3.63, 3.8) is 0 Å². The van der Waals surface area contributed by atoms with Crippen LogP contribution in [0.25, 0.3) is 0 Å². The van der Waals surface area contributed by atoms with Crippen molar-refractivity contribution in [2.24, 2.45) is 5.41 Å². The predicted molar refractivity (Wildman–Crippen MR) is 89.3 cm³/mol. The first-order valence-electron chi connectivity index (χ1n) is 6.93. The van der Waals surface area contributed by atoms with E-state index in [2.05, 4.69) is 84.8 Å². The van der Waals surface area contributed by atoms with E-state index in [-0.39, 0.29) is 10.8 Å². The molecule has 0 bridgehead atoms. The quantitative estimate of drug-likeness (QED) is 0.831. The number of hydrogen-bond donors (Lipinski definition) is 1. The average molecular weight is 343 g/mol. The van der Waals surface area contributed by atoms with Gasteiger partial charge in [0.25, 0.3) is 0 Å². The molecule has 0 aromatic carbocycles. The lowest BCUT2D eigenvalue weighted by atomic mass is 9.93. The number of anilines is 1. The highest BCUT2D eigenvalue weighted by Gasteiger charge is 2.21. The summed E-state index contributed by atoms with van der Waals surface area (Å²) in [6.45, 7) is 12.8. The molecule has 1 N–H and O–H groups in total. The maximum Gasteiger partial charge on any atom is 0.137 e. The first kappa shape index (κ1) is 17.4. The second-order valence-electron chi connectivity index (χ2n) is 7.41. The van der Waals surface area contributed by atoms with Crippen LogP contribution >= 0.6 is 15.9 Å². The van der Waals surface area contributed by atoms with Crippen LogP contribution in [0.15, 0.2) is 10.7 Å². The Morgan fingerprint density at radius 2 is 1.75 bits per heavy atom. The summed E-state index contributed by atoms with van der Waals surface area (Å²) < 4.78 is 0.824. The molecule has 0 atom stereocenters. The third kappa shape index (κ3) is 5.75. The van der Waals surface area contributed by atoms with Crippen molar-refractivity contribution in [1.29, 1.82) is 0 Å². The summed E-state index contributed by atoms with van der Waals surface area (Å²) in [4.78, 5) is 11.3. The molecule has 0 radical (unpaired) electrons. The van der Waals surface area contributed by atoms with Crippen LogP contribution in [0, 0.1) is 5.41 Å². The fourth-order valence-corrected chi connectivity index (χ4v) is 2.47. The van der Waals surface area contributed by atoms with Crippen molar-refractivity contribution in [2.45, 2.75) is 40.0 Å². The van der Waals surface area contributed by atoms with Gasteiger partial charge < -0.3 is 10.2 Å². The lowest BCUT2D eigenvalue weighted by Crippen LogP contribution is -2.34. The summed E-state index contributed by atoms with van der Waals surface area (Å²) in [5, 5.41) is 3.44. The molecule has 0 spiro atoms. The fourth-order valence-electron chi connectivity index (χ4n) is 2.09. The molecule has 0 saturated heterocycles. The largest absolute Gasteiger partial charge is 0.369 e. The summed E-state index contributed by atoms with van der Waals surface area (Å²) in [7, 11) is 4.20. The lowest BCUT2D eigenvalue weighted by molar-refractivity contribution is 0.254. The number of nitrogens with zero attached hydrogens (tertiary/aromatic N) is 3. The van der Waals surface area contributed by atoms with Gasteiger partial charge in [-0.2, -0.15) is 0 Å². The first-order chi connectivity index (χ1) is 8.99. The summed E-state index contributed by atoms with van der Waals surface area (Å²) in [5.74, 6) is 1.73. The Kier molecular flexibility index (Phi) is 5.55. The second kappa shape index (κ2) is 6.39. The van der Waals surface area contributed by atoms with E-state index in [1.165, 1.54) is 0 Å². The highest BCUT2D eigenvalue weighted by molar-refractivity contribution is 9.10. The summed E-state index contributed by atoms with van der Waals surface area (Å²) in [6.07, 6.45) is 0. The summed E-state index contributed by atoms with van der Waals surface area (Å²) in [5.41, 5.74) is 0.127. The van der Waals surface area contributed by atoms with Gasteiger partial charge >= 0.3 is 0 Å². The summed E-state index contributed by atoms with van der Waals surface area (Å²) in [6, 6.07) is 1.93. The van der Waals surface area contributed by atoms with Gasteiger partial charge in [0.05, 0.1) is 0 Å². The fraction of sp³-hybridized carbons (Fsp3) is 0.733. The Bertz CT molecular complexity index is 450. The van der Waals surface area contributed by atoms with Gasteiger partial charge in [-0.1, -0.05) is 34.6 Å². The van der Waals surface area contributed by atoms with Crippen molar-refractivity contribution < 1.29 is 0 Å². The number of rotatable bonds is 5. The highest BCUT2D eigenvalue weighted by Crippen LogP contribution is 2.23. The normalized spacial score (nSPS) is 12.8. The molecule has 114 valence electrons. The molecule has 0 aliphatic carbocycles. The zero-order valence-electron chi connectivity index (χ0n) is 13.7.